The highest BCUT2D eigenvalue weighted by Crippen LogP contribution is 2.33. The zero-order chi connectivity index (χ0) is 18.3. The van der Waals surface area contributed by atoms with Gasteiger partial charge in [-0.1, -0.05) is 23.9 Å². The molecule has 2 heterocycles. The molecule has 0 fully saturated rings. The van der Waals surface area contributed by atoms with Crippen LogP contribution in [-0.2, 0) is 0 Å². The first-order chi connectivity index (χ1) is 12.6. The number of hydrogen-bond acceptors (Lipinski definition) is 6. The number of fused-ring (bicyclic) bond motifs is 1. The van der Waals surface area contributed by atoms with E-state index >= 15 is 0 Å². The molecule has 8 heteroatoms. The second-order valence-corrected chi connectivity index (χ2v) is 6.81. The van der Waals surface area contributed by atoms with Gasteiger partial charge in [0.1, 0.15) is 11.6 Å². The quantitative estimate of drug-likeness (QED) is 0.717. The Morgan fingerprint density at radius 2 is 2.04 bits per heavy atom. The minimum absolute atomic E-state index is 0.378. The Bertz CT molecular complexity index is 1030. The fraction of sp³-hybridized carbons (Fsp3) is 0.167. The van der Waals surface area contributed by atoms with Crippen LogP contribution in [0.4, 0.5) is 10.1 Å². The summed E-state index contributed by atoms with van der Waals surface area (Å²) in [5.41, 5.74) is 10.1. The van der Waals surface area contributed by atoms with E-state index < -0.39 is 0 Å². The monoisotopic (exact) mass is 369 g/mol. The summed E-state index contributed by atoms with van der Waals surface area (Å²) in [4.78, 5) is 0. The van der Waals surface area contributed by atoms with Gasteiger partial charge in [0.2, 0.25) is 5.16 Å². The molecule has 6 nitrogen and oxygen atoms in total. The zero-order valence-electron chi connectivity index (χ0n) is 14.2. The Balaban J connectivity index is 1.83. The van der Waals surface area contributed by atoms with Crippen LogP contribution in [0.25, 0.3) is 11.4 Å². The molecular weight excluding hydrogens is 353 g/mol. The molecule has 1 aliphatic rings. The van der Waals surface area contributed by atoms with E-state index in [1.165, 1.54) is 31.0 Å². The third-order valence-electron chi connectivity index (χ3n) is 4.19. The van der Waals surface area contributed by atoms with E-state index in [9.17, 15) is 4.39 Å². The van der Waals surface area contributed by atoms with Crippen molar-refractivity contribution in [3.05, 3.63) is 53.3 Å². The number of nitrogens with zero attached hydrogens (tertiary/aromatic N) is 4. The highest BCUT2D eigenvalue weighted by atomic mass is 32.2. The second-order valence-electron chi connectivity index (χ2n) is 5.87. The van der Waals surface area contributed by atoms with Crippen LogP contribution >= 0.6 is 11.8 Å². The van der Waals surface area contributed by atoms with E-state index in [1.807, 2.05) is 25.1 Å². The predicted molar refractivity (Wildman–Crippen MR) is 100 cm³/mol. The molecule has 1 aromatic heterocycles. The van der Waals surface area contributed by atoms with Crippen molar-refractivity contribution in [2.75, 3.05) is 18.6 Å². The van der Waals surface area contributed by atoms with Gasteiger partial charge in [0.05, 0.1) is 18.4 Å². The van der Waals surface area contributed by atoms with Crippen molar-refractivity contribution in [1.29, 1.82) is 0 Å². The molecule has 0 unspecified atom stereocenters. The zero-order valence-corrected chi connectivity index (χ0v) is 15.0. The molecule has 0 aliphatic carbocycles. The van der Waals surface area contributed by atoms with E-state index in [1.54, 1.807) is 10.7 Å². The fourth-order valence-corrected chi connectivity index (χ4v) is 3.55. The highest BCUT2D eigenvalue weighted by molar-refractivity contribution is 7.99. The van der Waals surface area contributed by atoms with Gasteiger partial charge >= 0.3 is 0 Å². The summed E-state index contributed by atoms with van der Waals surface area (Å²) in [6.07, 6.45) is 0. The minimum Gasteiger partial charge on any atom is -0.496 e. The fourth-order valence-electron chi connectivity index (χ4n) is 2.71. The van der Waals surface area contributed by atoms with Gasteiger partial charge in [-0.3, -0.25) is 0 Å². The van der Waals surface area contributed by atoms with Gasteiger partial charge in [0.15, 0.2) is 5.82 Å². The number of ether oxygens (including phenoxy) is 1. The molecule has 26 heavy (non-hydrogen) atoms. The Hall–Kier alpha value is -2.87. The molecule has 0 spiro atoms. The van der Waals surface area contributed by atoms with E-state index in [-0.39, 0.29) is 5.82 Å². The summed E-state index contributed by atoms with van der Waals surface area (Å²) >= 11 is 1.52. The van der Waals surface area contributed by atoms with Crippen LogP contribution < -0.4 is 10.5 Å². The minimum atomic E-state index is -0.378. The van der Waals surface area contributed by atoms with Gasteiger partial charge in [-0.05, 0) is 36.8 Å². The maximum atomic E-state index is 13.8. The number of thioether (sulfide) groups is 1. The number of benzene rings is 2. The third-order valence-corrected chi connectivity index (χ3v) is 5.12. The van der Waals surface area contributed by atoms with Gasteiger partial charge in [0, 0.05) is 17.0 Å². The summed E-state index contributed by atoms with van der Waals surface area (Å²) in [6, 6.07) is 10.1. The van der Waals surface area contributed by atoms with E-state index in [0.29, 0.717) is 28.0 Å². The lowest BCUT2D eigenvalue weighted by Crippen LogP contribution is -2.14. The molecule has 3 aromatic rings. The molecule has 0 radical (unpaired) electrons. The van der Waals surface area contributed by atoms with E-state index in [4.69, 9.17) is 10.5 Å². The van der Waals surface area contributed by atoms with Crippen LogP contribution in [0.5, 0.6) is 5.75 Å². The number of nitrogen functional groups attached to an aromatic ring is 1. The number of hydrogen-bond donors (Lipinski definition) is 1. The van der Waals surface area contributed by atoms with Crippen LogP contribution in [0.3, 0.4) is 0 Å². The molecule has 132 valence electrons. The van der Waals surface area contributed by atoms with Crippen LogP contribution in [0, 0.1) is 12.7 Å². The number of nitrogens with two attached hydrogens (primary N) is 1. The third kappa shape index (κ3) is 2.82. The SMILES string of the molecule is COc1ccc(F)cc1-c1nnc2n1N=C(c1ccc(C)c(N)c1)CS2. The number of aryl methyl sites for hydroxylation is 1. The molecule has 0 amide bonds. The van der Waals surface area contributed by atoms with Crippen molar-refractivity contribution in [3.63, 3.8) is 0 Å². The molecular formula is C18H16FN5OS. The van der Waals surface area contributed by atoms with Gasteiger partial charge in [-0.15, -0.1) is 10.2 Å². The van der Waals surface area contributed by atoms with Gasteiger partial charge in [-0.25, -0.2) is 4.39 Å². The Kier molecular flexibility index (Phi) is 4.12. The Morgan fingerprint density at radius 1 is 1.19 bits per heavy atom. The van der Waals surface area contributed by atoms with E-state index in [2.05, 4.69) is 15.3 Å². The first-order valence-corrected chi connectivity index (χ1v) is 8.92. The number of methoxy groups -OCH3 is 1. The van der Waals surface area contributed by atoms with Crippen LogP contribution in [0.2, 0.25) is 0 Å². The lowest BCUT2D eigenvalue weighted by Gasteiger charge is -2.15. The standard InChI is InChI=1S/C18H16FN5OS/c1-10-3-4-11(7-14(10)20)15-9-26-18-22-21-17(24(18)23-15)13-8-12(19)5-6-16(13)25-2/h3-8H,9,20H2,1-2H3. The first kappa shape index (κ1) is 16.6. The number of anilines is 1. The second kappa shape index (κ2) is 6.45. The van der Waals surface area contributed by atoms with Crippen molar-refractivity contribution < 1.29 is 9.13 Å². The lowest BCUT2D eigenvalue weighted by molar-refractivity contribution is 0.415. The maximum absolute atomic E-state index is 13.8. The van der Waals surface area contributed by atoms with Crippen molar-refractivity contribution >= 4 is 23.2 Å². The summed E-state index contributed by atoms with van der Waals surface area (Å²) < 4.78 is 20.7. The Labute approximate surface area is 153 Å². The average Bonchev–Trinajstić information content (AvgIpc) is 3.07. The largest absolute Gasteiger partial charge is 0.496 e. The van der Waals surface area contributed by atoms with E-state index in [0.717, 1.165) is 22.5 Å². The molecule has 1 aliphatic heterocycles. The smallest absolute Gasteiger partial charge is 0.212 e. The molecule has 2 aromatic carbocycles. The normalized spacial score (nSPS) is 13.3. The number of aromatic nitrogens is 3. The molecule has 4 rings (SSSR count). The number of rotatable bonds is 3. The van der Waals surface area contributed by atoms with Gasteiger partial charge in [-0.2, -0.15) is 9.78 Å². The van der Waals surface area contributed by atoms with Crippen molar-refractivity contribution in [2.45, 2.75) is 12.1 Å². The number of halogens is 1. The summed E-state index contributed by atoms with van der Waals surface area (Å²) in [6.45, 7) is 1.96. The topological polar surface area (TPSA) is 78.3 Å². The highest BCUT2D eigenvalue weighted by Gasteiger charge is 2.23. The van der Waals surface area contributed by atoms with Crippen LogP contribution in [0.15, 0.2) is 46.7 Å². The van der Waals surface area contributed by atoms with Gasteiger partial charge < -0.3 is 10.5 Å². The van der Waals surface area contributed by atoms with Gasteiger partial charge in [0.25, 0.3) is 0 Å². The first-order valence-electron chi connectivity index (χ1n) is 7.93. The molecule has 2 N–H and O–H groups in total. The molecule has 0 saturated heterocycles. The maximum Gasteiger partial charge on any atom is 0.212 e. The summed E-state index contributed by atoms with van der Waals surface area (Å²) in [5.74, 6) is 1.22. The summed E-state index contributed by atoms with van der Waals surface area (Å²) in [7, 11) is 1.53. The molecule has 0 atom stereocenters. The lowest BCUT2D eigenvalue weighted by atomic mass is 10.1. The predicted octanol–water partition coefficient (Wildman–Crippen LogP) is 3.34. The average molecular weight is 369 g/mol. The van der Waals surface area contributed by atoms with Crippen LogP contribution in [0.1, 0.15) is 11.1 Å². The van der Waals surface area contributed by atoms with Crippen molar-refractivity contribution in [1.82, 2.24) is 14.9 Å². The molecule has 0 saturated carbocycles. The van der Waals surface area contributed by atoms with Crippen molar-refractivity contribution in [3.8, 4) is 17.1 Å². The Morgan fingerprint density at radius 3 is 2.81 bits per heavy atom. The molecule has 0 bridgehead atoms. The summed E-state index contributed by atoms with van der Waals surface area (Å²) in [5, 5.41) is 13.7. The van der Waals surface area contributed by atoms with Crippen molar-refractivity contribution in [2.24, 2.45) is 5.10 Å². The van der Waals surface area contributed by atoms with Crippen LogP contribution in [-0.4, -0.2) is 33.4 Å².